The first-order valence-corrected chi connectivity index (χ1v) is 16.1. The van der Waals surface area contributed by atoms with Crippen LogP contribution in [0.5, 0.6) is 17.2 Å². The molecule has 4 heterocycles. The first-order valence-electron chi connectivity index (χ1n) is 16.1. The Morgan fingerprint density at radius 1 is 0.844 bits per heavy atom. The van der Waals surface area contributed by atoms with Crippen molar-refractivity contribution in [1.82, 2.24) is 29.6 Å². The van der Waals surface area contributed by atoms with Gasteiger partial charge in [0.05, 0.1) is 5.60 Å². The molecule has 0 aliphatic carbocycles. The summed E-state index contributed by atoms with van der Waals surface area (Å²) in [5.74, 6) is 2.03. The molecule has 0 bridgehead atoms. The van der Waals surface area contributed by atoms with Crippen molar-refractivity contribution in [3.05, 3.63) is 76.8 Å². The molecule has 0 radical (unpaired) electrons. The molecule has 0 saturated carbocycles. The number of aromatic nitrogens is 2. The largest absolute Gasteiger partial charge is 0.492 e. The molecule has 2 aliphatic rings. The summed E-state index contributed by atoms with van der Waals surface area (Å²) in [7, 11) is 1.74. The van der Waals surface area contributed by atoms with Crippen molar-refractivity contribution in [2.45, 2.75) is 19.4 Å². The molecular formula is C35H46N6O4. The van der Waals surface area contributed by atoms with Gasteiger partial charge in [0.2, 0.25) is 0 Å². The van der Waals surface area contributed by atoms with Gasteiger partial charge in [0.15, 0.2) is 0 Å². The summed E-state index contributed by atoms with van der Waals surface area (Å²) in [6.07, 6.45) is 3.59. The fourth-order valence-corrected chi connectivity index (χ4v) is 6.19. The van der Waals surface area contributed by atoms with Crippen LogP contribution in [0, 0.1) is 0 Å². The predicted molar refractivity (Wildman–Crippen MR) is 178 cm³/mol. The van der Waals surface area contributed by atoms with Crippen molar-refractivity contribution >= 4 is 10.9 Å². The third-order valence-corrected chi connectivity index (χ3v) is 8.99. The lowest BCUT2D eigenvalue weighted by molar-refractivity contribution is 0.0786. The van der Waals surface area contributed by atoms with Crippen molar-refractivity contribution in [2.75, 3.05) is 78.6 Å². The Bertz CT molecular complexity index is 1640. The topological polar surface area (TPSA) is 98.2 Å². The molecule has 10 nitrogen and oxygen atoms in total. The van der Waals surface area contributed by atoms with Gasteiger partial charge in [-0.25, -0.2) is 0 Å². The third kappa shape index (κ3) is 7.59. The fourth-order valence-electron chi connectivity index (χ4n) is 6.19. The second-order valence-corrected chi connectivity index (χ2v) is 12.7. The van der Waals surface area contributed by atoms with Crippen molar-refractivity contribution in [3.63, 3.8) is 0 Å². The third-order valence-electron chi connectivity index (χ3n) is 8.99. The Labute approximate surface area is 265 Å². The standard InChI is InChI=1S/C35H46N6O4/c1-35(2,43)26-7-8-32(30(23-26)31-25-38(3)34(42)33-29(31)9-10-37-33)45-28-6-4-5-27(24-28)44-22-21-41-19-17-40(18-20-41)16-15-39-13-11-36-12-14-39/h4-10,23-25,36-37,43H,11-22H2,1-3H3. The number of pyridine rings is 1. The monoisotopic (exact) mass is 614 g/mol. The summed E-state index contributed by atoms with van der Waals surface area (Å²) >= 11 is 0. The van der Waals surface area contributed by atoms with E-state index in [2.05, 4.69) is 25.0 Å². The molecule has 2 aromatic heterocycles. The number of aliphatic hydroxyl groups is 1. The van der Waals surface area contributed by atoms with E-state index in [4.69, 9.17) is 9.47 Å². The van der Waals surface area contributed by atoms with E-state index in [1.54, 1.807) is 31.7 Å². The zero-order valence-electron chi connectivity index (χ0n) is 26.7. The summed E-state index contributed by atoms with van der Waals surface area (Å²) in [5.41, 5.74) is 1.76. The van der Waals surface area contributed by atoms with E-state index >= 15 is 0 Å². The lowest BCUT2D eigenvalue weighted by atomic mass is 9.93. The van der Waals surface area contributed by atoms with Gasteiger partial charge in [-0.3, -0.25) is 19.5 Å². The van der Waals surface area contributed by atoms with Crippen molar-refractivity contribution in [2.24, 2.45) is 7.05 Å². The highest BCUT2D eigenvalue weighted by Crippen LogP contribution is 2.39. The Hall–Kier alpha value is -3.67. The van der Waals surface area contributed by atoms with Gasteiger partial charge in [-0.05, 0) is 49.7 Å². The molecule has 6 rings (SSSR count). The van der Waals surface area contributed by atoms with E-state index < -0.39 is 5.60 Å². The molecule has 2 aliphatic heterocycles. The lowest BCUT2D eigenvalue weighted by Gasteiger charge is -2.36. The number of aromatic amines is 1. The normalized spacial score (nSPS) is 17.2. The number of hydrogen-bond acceptors (Lipinski definition) is 8. The highest BCUT2D eigenvalue weighted by Gasteiger charge is 2.22. The van der Waals surface area contributed by atoms with E-state index in [0.717, 1.165) is 99.8 Å². The zero-order chi connectivity index (χ0) is 31.4. The number of ether oxygens (including phenoxy) is 2. The summed E-state index contributed by atoms with van der Waals surface area (Å²) < 4.78 is 14.2. The number of fused-ring (bicyclic) bond motifs is 1. The van der Waals surface area contributed by atoms with Gasteiger partial charge in [-0.15, -0.1) is 0 Å². The number of H-pyrrole nitrogens is 1. The van der Waals surface area contributed by atoms with Crippen LogP contribution in [0.3, 0.4) is 0 Å². The molecule has 10 heteroatoms. The van der Waals surface area contributed by atoms with Crippen molar-refractivity contribution in [1.29, 1.82) is 0 Å². The summed E-state index contributed by atoms with van der Waals surface area (Å²) in [4.78, 5) is 23.4. The van der Waals surface area contributed by atoms with Gasteiger partial charge < -0.3 is 29.4 Å². The molecule has 0 spiro atoms. The molecular weight excluding hydrogens is 568 g/mol. The second-order valence-electron chi connectivity index (χ2n) is 12.7. The molecule has 2 aromatic carbocycles. The van der Waals surface area contributed by atoms with Crippen LogP contribution in [0.25, 0.3) is 22.0 Å². The molecule has 45 heavy (non-hydrogen) atoms. The highest BCUT2D eigenvalue weighted by molar-refractivity contribution is 5.96. The van der Waals surface area contributed by atoms with Crippen LogP contribution in [0.15, 0.2) is 65.7 Å². The van der Waals surface area contributed by atoms with Crippen LogP contribution in [0.1, 0.15) is 19.4 Å². The number of benzene rings is 2. The van der Waals surface area contributed by atoms with Crippen LogP contribution in [0.4, 0.5) is 0 Å². The number of nitrogens with zero attached hydrogens (tertiary/aromatic N) is 4. The van der Waals surface area contributed by atoms with Gasteiger partial charge in [0.25, 0.3) is 5.56 Å². The van der Waals surface area contributed by atoms with E-state index in [0.29, 0.717) is 23.6 Å². The Kier molecular flexibility index (Phi) is 9.58. The molecule has 0 unspecified atom stereocenters. The fraction of sp³-hybridized carbons (Fsp3) is 0.457. The van der Waals surface area contributed by atoms with E-state index in [1.807, 2.05) is 54.7 Å². The summed E-state index contributed by atoms with van der Waals surface area (Å²) in [6, 6.07) is 15.3. The van der Waals surface area contributed by atoms with Gasteiger partial charge in [0, 0.05) is 114 Å². The van der Waals surface area contributed by atoms with E-state index in [9.17, 15) is 9.90 Å². The molecule has 240 valence electrons. The minimum absolute atomic E-state index is 0.0996. The maximum absolute atomic E-state index is 12.7. The number of aryl methyl sites for hydroxylation is 1. The Morgan fingerprint density at radius 2 is 1.53 bits per heavy atom. The molecule has 3 N–H and O–H groups in total. The molecule has 0 amide bonds. The van der Waals surface area contributed by atoms with Crippen LogP contribution in [-0.4, -0.2) is 108 Å². The van der Waals surface area contributed by atoms with Crippen molar-refractivity contribution < 1.29 is 14.6 Å². The van der Waals surface area contributed by atoms with Crippen LogP contribution < -0.4 is 20.3 Å². The first-order chi connectivity index (χ1) is 21.7. The zero-order valence-corrected chi connectivity index (χ0v) is 26.7. The van der Waals surface area contributed by atoms with Gasteiger partial charge >= 0.3 is 0 Å². The minimum Gasteiger partial charge on any atom is -0.492 e. The Morgan fingerprint density at radius 3 is 2.27 bits per heavy atom. The maximum atomic E-state index is 12.7. The van der Waals surface area contributed by atoms with Gasteiger partial charge in [0.1, 0.15) is 29.4 Å². The number of piperazine rings is 2. The van der Waals surface area contributed by atoms with E-state index in [1.165, 1.54) is 0 Å². The average Bonchev–Trinajstić information content (AvgIpc) is 3.54. The van der Waals surface area contributed by atoms with Crippen LogP contribution in [-0.2, 0) is 12.6 Å². The van der Waals surface area contributed by atoms with Gasteiger partial charge in [-0.1, -0.05) is 12.1 Å². The summed E-state index contributed by atoms with van der Waals surface area (Å²) in [6.45, 7) is 16.2. The lowest BCUT2D eigenvalue weighted by Crippen LogP contribution is -2.51. The van der Waals surface area contributed by atoms with Crippen LogP contribution >= 0.6 is 0 Å². The first kappa shape index (κ1) is 31.3. The minimum atomic E-state index is -1.05. The number of nitrogens with one attached hydrogen (secondary N) is 2. The van der Waals surface area contributed by atoms with Gasteiger partial charge in [-0.2, -0.15) is 0 Å². The molecule has 2 saturated heterocycles. The molecule has 2 fully saturated rings. The smallest absolute Gasteiger partial charge is 0.274 e. The quantitative estimate of drug-likeness (QED) is 0.237. The highest BCUT2D eigenvalue weighted by atomic mass is 16.5. The van der Waals surface area contributed by atoms with Crippen LogP contribution in [0.2, 0.25) is 0 Å². The summed E-state index contributed by atoms with van der Waals surface area (Å²) in [5, 5.41) is 15.0. The Balaban J connectivity index is 1.09. The molecule has 4 aromatic rings. The predicted octanol–water partition coefficient (Wildman–Crippen LogP) is 3.45. The maximum Gasteiger partial charge on any atom is 0.274 e. The average molecular weight is 615 g/mol. The van der Waals surface area contributed by atoms with E-state index in [-0.39, 0.29) is 5.56 Å². The second kappa shape index (κ2) is 13.8. The van der Waals surface area contributed by atoms with Crippen molar-refractivity contribution in [3.8, 4) is 28.4 Å². The SMILES string of the molecule is Cn1cc(-c2cc(C(C)(C)O)ccc2Oc2cccc(OCCN3CCN(CCN4CCNCC4)CC3)c2)c2cc[nH]c2c1=O. The number of rotatable bonds is 11. The number of hydrogen-bond donors (Lipinski definition) is 3. The molecule has 0 atom stereocenters.